The summed E-state index contributed by atoms with van der Waals surface area (Å²) in [5, 5.41) is 2.53. The fourth-order valence-electron chi connectivity index (χ4n) is 4.02. The quantitative estimate of drug-likeness (QED) is 0.230. The average Bonchev–Trinajstić information content (AvgIpc) is 2.84. The monoisotopic (exact) mass is 503 g/mol. The Hall–Kier alpha value is -1.58. The van der Waals surface area contributed by atoms with Crippen LogP contribution in [0.3, 0.4) is 0 Å². The molecule has 0 heterocycles. The van der Waals surface area contributed by atoms with Gasteiger partial charge in [0.05, 0.1) is 59.5 Å². The predicted octanol–water partition coefficient (Wildman–Crippen LogP) is 3.19. The summed E-state index contributed by atoms with van der Waals surface area (Å²) in [4.78, 5) is 2.10. The van der Waals surface area contributed by atoms with E-state index in [0.717, 1.165) is 13.2 Å². The van der Waals surface area contributed by atoms with E-state index in [1.165, 1.54) is 10.4 Å². The molecule has 2 aromatic carbocycles. The maximum Gasteiger partial charge on any atom is 0.261 e. The second-order valence-corrected chi connectivity index (χ2v) is 14.1. The van der Waals surface area contributed by atoms with Gasteiger partial charge in [0.15, 0.2) is 0 Å². The Balaban J connectivity index is 1.69. The van der Waals surface area contributed by atoms with Crippen LogP contribution in [0, 0.1) is 0 Å². The van der Waals surface area contributed by atoms with Crippen LogP contribution in [-0.2, 0) is 23.4 Å². The fraction of sp³-hybridized carbons (Fsp3) is 0.571. The van der Waals surface area contributed by atoms with Gasteiger partial charge in [0, 0.05) is 6.54 Å². The summed E-state index contributed by atoms with van der Waals surface area (Å²) in [6, 6.07) is 21.4. The Morgan fingerprint density at radius 2 is 0.943 bits per heavy atom. The van der Waals surface area contributed by atoms with Crippen LogP contribution in [0.15, 0.2) is 60.7 Å². The van der Waals surface area contributed by atoms with Crippen molar-refractivity contribution in [3.8, 4) is 0 Å². The minimum absolute atomic E-state index is 0.0315. The standard InChI is InChI=1S/C28H45NO5Si/c1-28(2,3)35(26-12-8-6-9-13-26,27-14-10-7-11-15-27)34-25-24-33-23-22-32-21-20-31-19-18-30-17-16-29(4)5/h6-15H,16-25H2,1-5H3. The van der Waals surface area contributed by atoms with Crippen LogP contribution in [0.4, 0.5) is 0 Å². The molecule has 0 saturated heterocycles. The first-order chi connectivity index (χ1) is 16.9. The number of hydrogen-bond donors (Lipinski definition) is 0. The molecule has 0 radical (unpaired) electrons. The van der Waals surface area contributed by atoms with Crippen molar-refractivity contribution in [2.24, 2.45) is 0 Å². The molecule has 0 fully saturated rings. The molecular formula is C28H45NO5Si. The second-order valence-electron chi connectivity index (χ2n) is 9.76. The summed E-state index contributed by atoms with van der Waals surface area (Å²) in [5.74, 6) is 0. The molecule has 2 aromatic rings. The van der Waals surface area contributed by atoms with Gasteiger partial charge in [-0.3, -0.25) is 0 Å². The largest absolute Gasteiger partial charge is 0.405 e. The van der Waals surface area contributed by atoms with Crippen LogP contribution >= 0.6 is 0 Å². The van der Waals surface area contributed by atoms with Gasteiger partial charge in [0.25, 0.3) is 8.32 Å². The number of hydrogen-bond acceptors (Lipinski definition) is 6. The summed E-state index contributed by atoms with van der Waals surface area (Å²) in [5.41, 5.74) is 0. The van der Waals surface area contributed by atoms with E-state index < -0.39 is 8.32 Å². The Morgan fingerprint density at radius 1 is 0.571 bits per heavy atom. The molecule has 0 aliphatic rings. The van der Waals surface area contributed by atoms with E-state index in [0.29, 0.717) is 52.9 Å². The number of benzene rings is 2. The highest BCUT2D eigenvalue weighted by atomic mass is 28.4. The van der Waals surface area contributed by atoms with Crippen LogP contribution in [0.2, 0.25) is 5.04 Å². The molecular weight excluding hydrogens is 458 g/mol. The van der Waals surface area contributed by atoms with Gasteiger partial charge in [-0.1, -0.05) is 81.4 Å². The van der Waals surface area contributed by atoms with E-state index >= 15 is 0 Å². The molecule has 0 spiro atoms. The minimum atomic E-state index is -2.50. The molecule has 196 valence electrons. The SMILES string of the molecule is CN(C)CCOCCOCCOCCOCCO[Si](c1ccccc1)(c1ccccc1)C(C)(C)C. The summed E-state index contributed by atoms with van der Waals surface area (Å²) in [6.45, 7) is 13.0. The zero-order chi connectivity index (χ0) is 25.4. The normalized spacial score (nSPS) is 12.4. The van der Waals surface area contributed by atoms with Crippen molar-refractivity contribution >= 4 is 18.7 Å². The summed E-state index contributed by atoms with van der Waals surface area (Å²) in [6.07, 6.45) is 0. The maximum absolute atomic E-state index is 6.82. The average molecular weight is 504 g/mol. The van der Waals surface area contributed by atoms with E-state index in [1.54, 1.807) is 0 Å². The van der Waals surface area contributed by atoms with Crippen molar-refractivity contribution in [2.75, 3.05) is 80.1 Å². The van der Waals surface area contributed by atoms with Crippen LogP contribution < -0.4 is 10.4 Å². The molecule has 0 unspecified atom stereocenters. The second kappa shape index (κ2) is 16.2. The van der Waals surface area contributed by atoms with Crippen molar-refractivity contribution in [1.29, 1.82) is 0 Å². The molecule has 0 saturated carbocycles. The molecule has 0 atom stereocenters. The van der Waals surface area contributed by atoms with Crippen molar-refractivity contribution in [3.63, 3.8) is 0 Å². The van der Waals surface area contributed by atoms with Gasteiger partial charge < -0.3 is 28.3 Å². The highest BCUT2D eigenvalue weighted by Gasteiger charge is 2.49. The van der Waals surface area contributed by atoms with Crippen LogP contribution in [0.25, 0.3) is 0 Å². The third kappa shape index (κ3) is 10.1. The lowest BCUT2D eigenvalue weighted by Crippen LogP contribution is -2.66. The number of ether oxygens (including phenoxy) is 4. The van der Waals surface area contributed by atoms with Crippen molar-refractivity contribution in [1.82, 2.24) is 4.90 Å². The summed E-state index contributed by atoms with van der Waals surface area (Å²) < 4.78 is 29.2. The Morgan fingerprint density at radius 3 is 1.31 bits per heavy atom. The highest BCUT2D eigenvalue weighted by Crippen LogP contribution is 2.36. The zero-order valence-electron chi connectivity index (χ0n) is 22.3. The Labute approximate surface area is 213 Å². The number of nitrogens with zero attached hydrogens (tertiary/aromatic N) is 1. The molecule has 0 aromatic heterocycles. The number of rotatable bonds is 18. The Kier molecular flexibility index (Phi) is 13.7. The molecule has 2 rings (SSSR count). The summed E-state index contributed by atoms with van der Waals surface area (Å²) in [7, 11) is 1.57. The molecule has 0 N–H and O–H groups in total. The Bertz CT molecular complexity index is 743. The van der Waals surface area contributed by atoms with E-state index in [-0.39, 0.29) is 5.04 Å². The molecule has 0 amide bonds. The van der Waals surface area contributed by atoms with Gasteiger partial charge in [-0.25, -0.2) is 0 Å². The van der Waals surface area contributed by atoms with E-state index in [2.05, 4.69) is 86.3 Å². The van der Waals surface area contributed by atoms with Crippen molar-refractivity contribution in [2.45, 2.75) is 25.8 Å². The van der Waals surface area contributed by atoms with Crippen LogP contribution in [-0.4, -0.2) is 93.3 Å². The lowest BCUT2D eigenvalue weighted by molar-refractivity contribution is -0.00584. The third-order valence-corrected chi connectivity index (χ3v) is 10.8. The first kappa shape index (κ1) is 29.6. The van der Waals surface area contributed by atoms with E-state index in [1.807, 2.05) is 14.1 Å². The first-order valence-electron chi connectivity index (χ1n) is 12.6. The van der Waals surface area contributed by atoms with Crippen molar-refractivity contribution < 1.29 is 23.4 Å². The van der Waals surface area contributed by atoms with E-state index in [4.69, 9.17) is 23.4 Å². The van der Waals surface area contributed by atoms with E-state index in [9.17, 15) is 0 Å². The number of likely N-dealkylation sites (N-methyl/N-ethyl adjacent to an activating group) is 1. The van der Waals surface area contributed by atoms with Gasteiger partial charge in [0.1, 0.15) is 0 Å². The maximum atomic E-state index is 6.82. The van der Waals surface area contributed by atoms with Gasteiger partial charge >= 0.3 is 0 Å². The first-order valence-corrected chi connectivity index (χ1v) is 14.5. The van der Waals surface area contributed by atoms with Gasteiger partial charge in [-0.2, -0.15) is 0 Å². The predicted molar refractivity (Wildman–Crippen MR) is 145 cm³/mol. The lowest BCUT2D eigenvalue weighted by Gasteiger charge is -2.43. The molecule has 0 bridgehead atoms. The van der Waals surface area contributed by atoms with Crippen LogP contribution in [0.1, 0.15) is 20.8 Å². The van der Waals surface area contributed by atoms with Gasteiger partial charge in [-0.15, -0.1) is 0 Å². The topological polar surface area (TPSA) is 49.4 Å². The van der Waals surface area contributed by atoms with Crippen molar-refractivity contribution in [3.05, 3.63) is 60.7 Å². The molecule has 6 nitrogen and oxygen atoms in total. The fourth-order valence-corrected chi connectivity index (χ4v) is 8.57. The smallest absolute Gasteiger partial charge is 0.261 e. The third-order valence-electron chi connectivity index (χ3n) is 5.76. The van der Waals surface area contributed by atoms with Gasteiger partial charge in [-0.05, 0) is 29.5 Å². The zero-order valence-corrected chi connectivity index (χ0v) is 23.3. The summed E-state index contributed by atoms with van der Waals surface area (Å²) >= 11 is 0. The molecule has 0 aliphatic heterocycles. The van der Waals surface area contributed by atoms with Gasteiger partial charge in [0.2, 0.25) is 0 Å². The molecule has 0 aliphatic carbocycles. The lowest BCUT2D eigenvalue weighted by atomic mass is 10.2. The molecule has 35 heavy (non-hydrogen) atoms. The highest BCUT2D eigenvalue weighted by molar-refractivity contribution is 6.99. The molecule has 7 heteroatoms. The minimum Gasteiger partial charge on any atom is -0.405 e. The van der Waals surface area contributed by atoms with Crippen LogP contribution in [0.5, 0.6) is 0 Å².